The van der Waals surface area contributed by atoms with Crippen molar-refractivity contribution in [2.45, 2.75) is 18.9 Å². The van der Waals surface area contributed by atoms with E-state index in [9.17, 15) is 4.79 Å². The molecule has 0 bridgehead atoms. The van der Waals surface area contributed by atoms with Crippen molar-refractivity contribution in [3.05, 3.63) is 34.9 Å². The lowest BCUT2D eigenvalue weighted by Crippen LogP contribution is -2.42. The van der Waals surface area contributed by atoms with Gasteiger partial charge in [-0.3, -0.25) is 4.79 Å². The average molecular weight is 239 g/mol. The summed E-state index contributed by atoms with van der Waals surface area (Å²) in [6.45, 7) is 1.49. The van der Waals surface area contributed by atoms with Crippen LogP contribution in [0.2, 0.25) is 5.02 Å². The minimum atomic E-state index is 0.0504. The zero-order valence-electron chi connectivity index (χ0n) is 9.03. The van der Waals surface area contributed by atoms with Crippen molar-refractivity contribution in [3.8, 4) is 0 Å². The maximum absolute atomic E-state index is 12.1. The van der Waals surface area contributed by atoms with Gasteiger partial charge in [-0.15, -0.1) is 0 Å². The van der Waals surface area contributed by atoms with Gasteiger partial charge in [-0.2, -0.15) is 0 Å². The first-order valence-corrected chi connectivity index (χ1v) is 5.85. The van der Waals surface area contributed by atoms with Gasteiger partial charge in [-0.1, -0.05) is 17.7 Å². The molecule has 1 saturated heterocycles. The molecule has 0 atom stereocenters. The molecule has 0 aromatic heterocycles. The van der Waals surface area contributed by atoms with Crippen LogP contribution >= 0.6 is 11.6 Å². The molecule has 86 valence electrons. The number of carbonyl (C=O) groups excluding carboxylic acids is 1. The Kier molecular flexibility index (Phi) is 3.46. The fourth-order valence-corrected chi connectivity index (χ4v) is 2.10. The Morgan fingerprint density at radius 3 is 2.69 bits per heavy atom. The van der Waals surface area contributed by atoms with E-state index in [0.717, 1.165) is 25.9 Å². The molecule has 1 aliphatic heterocycles. The van der Waals surface area contributed by atoms with Crippen molar-refractivity contribution in [1.29, 1.82) is 0 Å². The van der Waals surface area contributed by atoms with E-state index in [0.29, 0.717) is 10.6 Å². The van der Waals surface area contributed by atoms with Crippen molar-refractivity contribution < 1.29 is 4.79 Å². The van der Waals surface area contributed by atoms with E-state index in [1.165, 1.54) is 0 Å². The molecule has 1 aliphatic rings. The number of carbonyl (C=O) groups is 1. The summed E-state index contributed by atoms with van der Waals surface area (Å²) in [5.41, 5.74) is 6.46. The molecule has 16 heavy (non-hydrogen) atoms. The molecule has 0 unspecified atom stereocenters. The Morgan fingerprint density at radius 2 is 2.06 bits per heavy atom. The van der Waals surface area contributed by atoms with Crippen LogP contribution in [0.4, 0.5) is 0 Å². The number of nitrogens with two attached hydrogens (primary N) is 1. The third-order valence-electron chi connectivity index (χ3n) is 2.90. The second-order valence-electron chi connectivity index (χ2n) is 4.14. The quantitative estimate of drug-likeness (QED) is 0.812. The molecule has 1 amide bonds. The molecule has 1 fully saturated rings. The van der Waals surface area contributed by atoms with Crippen molar-refractivity contribution in [1.82, 2.24) is 4.90 Å². The molecule has 3 nitrogen and oxygen atoms in total. The Hall–Kier alpha value is -1.06. The second kappa shape index (κ2) is 4.85. The highest BCUT2D eigenvalue weighted by Crippen LogP contribution is 2.15. The Bertz CT molecular complexity index is 386. The van der Waals surface area contributed by atoms with E-state index >= 15 is 0 Å². The van der Waals surface area contributed by atoms with Crippen LogP contribution in [0, 0.1) is 0 Å². The molecule has 0 saturated carbocycles. The van der Waals surface area contributed by atoms with E-state index < -0.39 is 0 Å². The second-order valence-corrected chi connectivity index (χ2v) is 4.58. The third-order valence-corrected chi connectivity index (χ3v) is 3.13. The molecular formula is C12H15ClN2O. The van der Waals surface area contributed by atoms with Gasteiger partial charge in [0.1, 0.15) is 0 Å². The Labute approximate surface area is 100 Å². The molecule has 1 heterocycles. The summed E-state index contributed by atoms with van der Waals surface area (Å²) < 4.78 is 0. The molecular weight excluding hydrogens is 224 g/mol. The Balaban J connectivity index is 2.08. The average Bonchev–Trinajstić information content (AvgIpc) is 2.29. The molecule has 0 radical (unpaired) electrons. The number of halogens is 1. The molecule has 0 aliphatic carbocycles. The van der Waals surface area contributed by atoms with Crippen LogP contribution in [0.1, 0.15) is 23.2 Å². The fourth-order valence-electron chi connectivity index (χ4n) is 1.91. The molecule has 1 aromatic carbocycles. The first-order chi connectivity index (χ1) is 7.66. The van der Waals surface area contributed by atoms with Crippen molar-refractivity contribution in [2.24, 2.45) is 5.73 Å². The highest BCUT2D eigenvalue weighted by atomic mass is 35.5. The van der Waals surface area contributed by atoms with Crippen molar-refractivity contribution in [2.75, 3.05) is 13.1 Å². The summed E-state index contributed by atoms with van der Waals surface area (Å²) in [5.74, 6) is 0.0504. The lowest BCUT2D eigenvalue weighted by atomic mass is 10.1. The zero-order valence-corrected chi connectivity index (χ0v) is 9.78. The summed E-state index contributed by atoms with van der Waals surface area (Å²) in [4.78, 5) is 13.9. The molecule has 2 N–H and O–H groups in total. The first-order valence-electron chi connectivity index (χ1n) is 5.47. The summed E-state index contributed by atoms with van der Waals surface area (Å²) in [6, 6.07) is 7.31. The van der Waals surface area contributed by atoms with Gasteiger partial charge in [0, 0.05) is 29.7 Å². The SMILES string of the molecule is NC1CCN(C(=O)c2cccc(Cl)c2)CC1. The number of likely N-dealkylation sites (tertiary alicyclic amines) is 1. The summed E-state index contributed by atoms with van der Waals surface area (Å²) in [6.07, 6.45) is 1.76. The third kappa shape index (κ3) is 2.54. The van der Waals surface area contributed by atoms with Gasteiger partial charge in [0.05, 0.1) is 0 Å². The van der Waals surface area contributed by atoms with Gasteiger partial charge < -0.3 is 10.6 Å². The van der Waals surface area contributed by atoms with Crippen LogP contribution in [0.3, 0.4) is 0 Å². The highest BCUT2D eigenvalue weighted by molar-refractivity contribution is 6.30. The molecule has 2 rings (SSSR count). The van der Waals surface area contributed by atoms with Gasteiger partial charge in [-0.05, 0) is 31.0 Å². The normalized spacial score (nSPS) is 17.5. The largest absolute Gasteiger partial charge is 0.339 e. The maximum Gasteiger partial charge on any atom is 0.253 e. The van der Waals surface area contributed by atoms with Gasteiger partial charge in [0.25, 0.3) is 5.91 Å². The summed E-state index contributed by atoms with van der Waals surface area (Å²) in [7, 11) is 0. The number of nitrogens with zero attached hydrogens (tertiary/aromatic N) is 1. The lowest BCUT2D eigenvalue weighted by molar-refractivity contribution is 0.0715. The standard InChI is InChI=1S/C12H15ClN2O/c13-10-3-1-2-9(8-10)12(16)15-6-4-11(14)5-7-15/h1-3,8,11H,4-7,14H2. The van der Waals surface area contributed by atoms with Crippen molar-refractivity contribution >= 4 is 17.5 Å². The van der Waals surface area contributed by atoms with E-state index in [1.54, 1.807) is 24.3 Å². The first kappa shape index (κ1) is 11.4. The van der Waals surface area contributed by atoms with E-state index in [-0.39, 0.29) is 11.9 Å². The number of rotatable bonds is 1. The van der Waals surface area contributed by atoms with Gasteiger partial charge in [0.15, 0.2) is 0 Å². The van der Waals surface area contributed by atoms with Gasteiger partial charge in [0.2, 0.25) is 0 Å². The van der Waals surface area contributed by atoms with E-state index in [2.05, 4.69) is 0 Å². The highest BCUT2D eigenvalue weighted by Gasteiger charge is 2.21. The zero-order chi connectivity index (χ0) is 11.5. The van der Waals surface area contributed by atoms with Crippen molar-refractivity contribution in [3.63, 3.8) is 0 Å². The fraction of sp³-hybridized carbons (Fsp3) is 0.417. The van der Waals surface area contributed by atoms with E-state index in [1.807, 2.05) is 4.90 Å². The predicted molar refractivity (Wildman–Crippen MR) is 64.6 cm³/mol. The molecule has 4 heteroatoms. The van der Waals surface area contributed by atoms with Crippen LogP contribution in [0.15, 0.2) is 24.3 Å². The molecule has 1 aromatic rings. The molecule has 0 spiro atoms. The lowest BCUT2D eigenvalue weighted by Gasteiger charge is -2.30. The van der Waals surface area contributed by atoms with Crippen LogP contribution in [0.25, 0.3) is 0 Å². The van der Waals surface area contributed by atoms with Crippen LogP contribution in [-0.2, 0) is 0 Å². The summed E-state index contributed by atoms with van der Waals surface area (Å²) in [5, 5.41) is 0.597. The predicted octanol–water partition coefficient (Wildman–Crippen LogP) is 1.90. The number of amides is 1. The monoisotopic (exact) mass is 238 g/mol. The minimum Gasteiger partial charge on any atom is -0.339 e. The Morgan fingerprint density at radius 1 is 1.38 bits per heavy atom. The topological polar surface area (TPSA) is 46.3 Å². The number of hydrogen-bond acceptors (Lipinski definition) is 2. The van der Waals surface area contributed by atoms with E-state index in [4.69, 9.17) is 17.3 Å². The number of hydrogen-bond donors (Lipinski definition) is 1. The minimum absolute atomic E-state index is 0.0504. The van der Waals surface area contributed by atoms with Crippen LogP contribution in [-0.4, -0.2) is 29.9 Å². The van der Waals surface area contributed by atoms with Crippen LogP contribution < -0.4 is 5.73 Å². The van der Waals surface area contributed by atoms with Gasteiger partial charge in [-0.25, -0.2) is 0 Å². The number of benzene rings is 1. The van der Waals surface area contributed by atoms with Gasteiger partial charge >= 0.3 is 0 Å². The summed E-state index contributed by atoms with van der Waals surface area (Å²) >= 11 is 5.86. The number of piperidine rings is 1. The smallest absolute Gasteiger partial charge is 0.253 e. The van der Waals surface area contributed by atoms with Crippen LogP contribution in [0.5, 0.6) is 0 Å². The maximum atomic E-state index is 12.1.